The van der Waals surface area contributed by atoms with Gasteiger partial charge in [0.1, 0.15) is 0 Å². The summed E-state index contributed by atoms with van der Waals surface area (Å²) in [5.41, 5.74) is 8.43. The molecule has 0 radical (unpaired) electrons. The topological polar surface area (TPSA) is 105 Å². The summed E-state index contributed by atoms with van der Waals surface area (Å²) >= 11 is 6.52. The quantitative estimate of drug-likeness (QED) is 0.635. The number of methoxy groups -OCH3 is 1. The number of aliphatic imine (C=N–C) groups is 1. The van der Waals surface area contributed by atoms with Crippen molar-refractivity contribution in [2.45, 2.75) is 19.5 Å². The molecule has 0 spiro atoms. The van der Waals surface area contributed by atoms with Crippen molar-refractivity contribution in [3.63, 3.8) is 0 Å². The molecular formula is C21H22ClN5O4. The van der Waals surface area contributed by atoms with Crippen LogP contribution in [-0.2, 0) is 0 Å². The van der Waals surface area contributed by atoms with E-state index in [0.29, 0.717) is 53.8 Å². The summed E-state index contributed by atoms with van der Waals surface area (Å²) in [6.07, 6.45) is 0.320. The smallest absolute Gasteiger partial charge is 0.212 e. The Kier molecular flexibility index (Phi) is 4.90. The molecule has 0 saturated carbocycles. The van der Waals surface area contributed by atoms with E-state index in [9.17, 15) is 0 Å². The fourth-order valence-electron chi connectivity index (χ4n) is 3.82. The number of hydrogen-bond acceptors (Lipinski definition) is 8. The molecule has 2 aliphatic rings. The Balaban J connectivity index is 1.68. The number of nitrogens with zero attached hydrogens (tertiary/aromatic N) is 3. The molecule has 162 valence electrons. The van der Waals surface area contributed by atoms with Gasteiger partial charge in [-0.25, -0.2) is 9.98 Å². The lowest BCUT2D eigenvalue weighted by Crippen LogP contribution is -2.31. The Hall–Kier alpha value is -3.33. The number of anilines is 1. The first kappa shape index (κ1) is 19.6. The highest BCUT2D eigenvalue weighted by Crippen LogP contribution is 2.42. The fourth-order valence-corrected chi connectivity index (χ4v) is 4.09. The molecular weight excluding hydrogens is 422 g/mol. The molecule has 9 nitrogen and oxygen atoms in total. The van der Waals surface area contributed by atoms with E-state index < -0.39 is 6.17 Å². The van der Waals surface area contributed by atoms with Gasteiger partial charge in [-0.15, -0.1) is 0 Å². The zero-order chi connectivity index (χ0) is 21.5. The maximum atomic E-state index is 6.52. The third-order valence-corrected chi connectivity index (χ3v) is 5.42. The Morgan fingerprint density at radius 1 is 1.23 bits per heavy atom. The zero-order valence-corrected chi connectivity index (χ0v) is 17.9. The maximum absolute atomic E-state index is 6.52. The summed E-state index contributed by atoms with van der Waals surface area (Å²) < 4.78 is 24.8. The second-order valence-corrected chi connectivity index (χ2v) is 7.53. The summed E-state index contributed by atoms with van der Waals surface area (Å²) in [6, 6.07) is 7.45. The number of rotatable bonds is 4. The van der Waals surface area contributed by atoms with Gasteiger partial charge in [-0.1, -0.05) is 11.6 Å². The van der Waals surface area contributed by atoms with Crippen LogP contribution in [0.25, 0.3) is 11.0 Å². The number of fused-ring (bicyclic) bond motifs is 4. The highest BCUT2D eigenvalue weighted by Gasteiger charge is 2.28. The molecule has 1 atom stereocenters. The fraction of sp³-hybridized carbons (Fsp3) is 0.333. The Bertz CT molecular complexity index is 1190. The molecule has 0 bridgehead atoms. The van der Waals surface area contributed by atoms with Crippen LogP contribution >= 0.6 is 11.6 Å². The van der Waals surface area contributed by atoms with Gasteiger partial charge in [0.15, 0.2) is 35.1 Å². The van der Waals surface area contributed by atoms with Gasteiger partial charge in [-0.05, 0) is 19.1 Å². The van der Waals surface area contributed by atoms with Crippen LogP contribution in [0.5, 0.6) is 23.0 Å². The lowest BCUT2D eigenvalue weighted by molar-refractivity contribution is 0.297. The molecule has 0 saturated heterocycles. The van der Waals surface area contributed by atoms with Crippen molar-refractivity contribution in [1.82, 2.24) is 9.55 Å². The lowest BCUT2D eigenvalue weighted by atomic mass is 10.1. The van der Waals surface area contributed by atoms with Gasteiger partial charge >= 0.3 is 0 Å². The van der Waals surface area contributed by atoms with E-state index in [2.05, 4.69) is 10.3 Å². The molecule has 0 unspecified atom stereocenters. The molecule has 1 aromatic heterocycles. The normalized spacial score (nSPS) is 17.4. The van der Waals surface area contributed by atoms with E-state index in [0.717, 1.165) is 23.0 Å². The summed E-state index contributed by atoms with van der Waals surface area (Å²) in [5.74, 6) is 3.19. The molecule has 3 aromatic rings. The van der Waals surface area contributed by atoms with E-state index in [1.807, 2.05) is 29.7 Å². The third kappa shape index (κ3) is 3.34. The number of nitrogens with two attached hydrogens (primary N) is 1. The Labute approximate surface area is 183 Å². The van der Waals surface area contributed by atoms with Crippen LogP contribution in [0.2, 0.25) is 5.02 Å². The van der Waals surface area contributed by atoms with Gasteiger partial charge in [-0.2, -0.15) is 0 Å². The maximum Gasteiger partial charge on any atom is 0.212 e. The minimum Gasteiger partial charge on any atom is -0.493 e. The number of imidazole rings is 1. The van der Waals surface area contributed by atoms with Gasteiger partial charge in [0, 0.05) is 24.1 Å². The number of ether oxygens (including phenoxy) is 4. The highest BCUT2D eigenvalue weighted by atomic mass is 35.5. The van der Waals surface area contributed by atoms with Gasteiger partial charge in [-0.3, -0.25) is 9.88 Å². The Morgan fingerprint density at radius 3 is 2.74 bits per heavy atom. The average Bonchev–Trinajstić information content (AvgIpc) is 2.94. The molecule has 0 aliphatic carbocycles. The van der Waals surface area contributed by atoms with Crippen molar-refractivity contribution in [1.29, 1.82) is 0 Å². The van der Waals surface area contributed by atoms with Crippen molar-refractivity contribution in [3.8, 4) is 23.0 Å². The molecule has 10 heteroatoms. The van der Waals surface area contributed by atoms with Crippen LogP contribution < -0.4 is 30.0 Å². The molecule has 5 rings (SSSR count). The summed E-state index contributed by atoms with van der Waals surface area (Å²) in [7, 11) is 1.57. The van der Waals surface area contributed by atoms with Crippen molar-refractivity contribution in [2.24, 2.45) is 10.7 Å². The summed E-state index contributed by atoms with van der Waals surface area (Å²) in [5, 5.41) is 3.47. The second-order valence-electron chi connectivity index (χ2n) is 7.12. The first-order valence-electron chi connectivity index (χ1n) is 10.0. The highest BCUT2D eigenvalue weighted by molar-refractivity contribution is 6.32. The number of guanidine groups is 1. The van der Waals surface area contributed by atoms with Gasteiger partial charge in [0.2, 0.25) is 5.95 Å². The first-order chi connectivity index (χ1) is 15.1. The number of nitrogens with one attached hydrogen (secondary N) is 1. The van der Waals surface area contributed by atoms with E-state index in [1.54, 1.807) is 13.2 Å². The summed E-state index contributed by atoms with van der Waals surface area (Å²) in [4.78, 5) is 9.31. The number of hydrogen-bond donors (Lipinski definition) is 2. The molecule has 2 aromatic carbocycles. The largest absolute Gasteiger partial charge is 0.493 e. The van der Waals surface area contributed by atoms with Crippen LogP contribution in [0.15, 0.2) is 29.3 Å². The molecule has 0 fully saturated rings. The van der Waals surface area contributed by atoms with Crippen LogP contribution in [0, 0.1) is 0 Å². The molecule has 3 N–H and O–H groups in total. The minimum absolute atomic E-state index is 0.255. The van der Waals surface area contributed by atoms with E-state index in [-0.39, 0.29) is 5.96 Å². The van der Waals surface area contributed by atoms with Crippen molar-refractivity contribution < 1.29 is 18.9 Å². The SMILES string of the molecule is CCOc1c(Cl)cc([C@@H]2N=C(N)Nc3nc4cc5c(cc4n32)OCCCO5)cc1OC. The molecule has 2 aliphatic heterocycles. The second kappa shape index (κ2) is 7.73. The van der Waals surface area contributed by atoms with E-state index in [4.69, 9.17) is 41.3 Å². The zero-order valence-electron chi connectivity index (χ0n) is 17.1. The lowest BCUT2D eigenvalue weighted by Gasteiger charge is -2.25. The number of benzene rings is 2. The van der Waals surface area contributed by atoms with Crippen molar-refractivity contribution >= 4 is 34.5 Å². The number of halogens is 1. The predicted octanol–water partition coefficient (Wildman–Crippen LogP) is 3.55. The predicted molar refractivity (Wildman–Crippen MR) is 118 cm³/mol. The summed E-state index contributed by atoms with van der Waals surface area (Å²) in [6.45, 7) is 3.56. The molecule has 31 heavy (non-hydrogen) atoms. The van der Waals surface area contributed by atoms with Gasteiger partial charge < -0.3 is 24.7 Å². The molecule has 0 amide bonds. The van der Waals surface area contributed by atoms with Gasteiger partial charge in [0.05, 0.1) is 43.0 Å². The Morgan fingerprint density at radius 2 is 2.00 bits per heavy atom. The van der Waals surface area contributed by atoms with E-state index >= 15 is 0 Å². The van der Waals surface area contributed by atoms with E-state index in [1.165, 1.54) is 0 Å². The van der Waals surface area contributed by atoms with Crippen molar-refractivity contribution in [2.75, 3.05) is 32.2 Å². The average molecular weight is 444 g/mol. The number of aromatic nitrogens is 2. The first-order valence-corrected chi connectivity index (χ1v) is 10.4. The third-order valence-electron chi connectivity index (χ3n) is 5.14. The van der Waals surface area contributed by atoms with Crippen LogP contribution in [-0.4, -0.2) is 42.4 Å². The van der Waals surface area contributed by atoms with Gasteiger partial charge in [0.25, 0.3) is 0 Å². The minimum atomic E-state index is -0.506. The van der Waals surface area contributed by atoms with Crippen LogP contribution in [0.3, 0.4) is 0 Å². The van der Waals surface area contributed by atoms with Crippen molar-refractivity contribution in [3.05, 3.63) is 34.9 Å². The standard InChI is InChI=1S/C21H22ClN5O4/c1-3-29-18-12(22)7-11(8-17(18)28-2)19-25-20(23)26-21-24-13-9-15-16(10-14(13)27(19)21)31-6-4-5-30-15/h7-10,19H,3-6H2,1-2H3,(H3,23,24,25,26)/t19-/m1/s1. The molecule has 3 heterocycles. The van der Waals surface area contributed by atoms with Crippen LogP contribution in [0.4, 0.5) is 5.95 Å². The monoisotopic (exact) mass is 443 g/mol. The van der Waals surface area contributed by atoms with Crippen LogP contribution in [0.1, 0.15) is 25.1 Å².